The lowest BCUT2D eigenvalue weighted by molar-refractivity contribution is -0.296. The van der Waals surface area contributed by atoms with Gasteiger partial charge >= 0.3 is 11.9 Å². The zero-order valence-corrected chi connectivity index (χ0v) is 23.0. The van der Waals surface area contributed by atoms with Crippen LogP contribution in [0.25, 0.3) is 0 Å². The van der Waals surface area contributed by atoms with Crippen LogP contribution in [0.15, 0.2) is 41.5 Å². The maximum atomic E-state index is 14.3. The van der Waals surface area contributed by atoms with Crippen LogP contribution in [-0.4, -0.2) is 73.8 Å². The Morgan fingerprint density at radius 1 is 1.05 bits per heavy atom. The molecule has 0 aromatic heterocycles. The topological polar surface area (TPSA) is 151 Å². The second-order valence-electron chi connectivity index (χ2n) is 12.6. The number of ether oxygens (including phenoxy) is 2. The highest BCUT2D eigenvalue weighted by Gasteiger charge is 2.76. The van der Waals surface area contributed by atoms with Gasteiger partial charge in [-0.15, -0.1) is 0 Å². The van der Waals surface area contributed by atoms with Crippen molar-refractivity contribution in [1.82, 2.24) is 0 Å². The molecule has 0 amide bonds. The van der Waals surface area contributed by atoms with Gasteiger partial charge in [-0.1, -0.05) is 32.0 Å². The van der Waals surface area contributed by atoms with Crippen molar-refractivity contribution in [3.05, 3.63) is 47.0 Å². The Hall–Kier alpha value is -2.59. The SMILES string of the molecule is CC(=O)O[C@@]12CC[C@@H]1CC(O)[C@@]1(C)C(=O)C(O)C3=C(C)[C@@H](O)C[C@@](O)([C@@H](OC(=O)c4ccccc4)C12)C3(C)C. The van der Waals surface area contributed by atoms with E-state index in [1.165, 1.54) is 13.8 Å². The number of fused-ring (bicyclic) bond motifs is 5. The van der Waals surface area contributed by atoms with Gasteiger partial charge in [0.25, 0.3) is 0 Å². The highest BCUT2D eigenvalue weighted by atomic mass is 16.6. The molecule has 39 heavy (non-hydrogen) atoms. The summed E-state index contributed by atoms with van der Waals surface area (Å²) in [5.41, 5.74) is -5.76. The first-order chi connectivity index (χ1) is 18.1. The molecule has 4 N–H and O–H groups in total. The summed E-state index contributed by atoms with van der Waals surface area (Å²) >= 11 is 0. The minimum atomic E-state index is -2.01. The van der Waals surface area contributed by atoms with Crippen LogP contribution in [-0.2, 0) is 19.1 Å². The van der Waals surface area contributed by atoms with E-state index in [1.807, 2.05) is 0 Å². The molecule has 9 nitrogen and oxygen atoms in total. The normalized spacial score (nSPS) is 42.7. The third-order valence-corrected chi connectivity index (χ3v) is 10.5. The van der Waals surface area contributed by atoms with Gasteiger partial charge in [-0.2, -0.15) is 0 Å². The molecule has 4 aliphatic carbocycles. The molecule has 4 aliphatic rings. The number of rotatable bonds is 3. The van der Waals surface area contributed by atoms with E-state index in [0.29, 0.717) is 18.4 Å². The molecule has 9 heteroatoms. The maximum Gasteiger partial charge on any atom is 0.338 e. The lowest BCUT2D eigenvalue weighted by atomic mass is 9.41. The Kier molecular flexibility index (Phi) is 6.42. The molecule has 3 fully saturated rings. The first-order valence-corrected chi connectivity index (χ1v) is 13.6. The summed E-state index contributed by atoms with van der Waals surface area (Å²) in [7, 11) is 0. The lowest BCUT2D eigenvalue weighted by Crippen LogP contribution is -2.78. The zero-order valence-electron chi connectivity index (χ0n) is 23.0. The maximum absolute atomic E-state index is 14.3. The first-order valence-electron chi connectivity index (χ1n) is 13.6. The summed E-state index contributed by atoms with van der Waals surface area (Å²) in [6.07, 6.45) is -4.94. The van der Waals surface area contributed by atoms with E-state index in [9.17, 15) is 34.8 Å². The van der Waals surface area contributed by atoms with E-state index in [2.05, 4.69) is 0 Å². The number of ketones is 1. The standard InChI is InChI=1S/C30H38O9/c1-15-19(32)14-30(37)25(38-26(36)17-9-7-6-8-10-17)23-28(5,24(35)22(34)21(15)27(30,3)4)20(33)13-18-11-12-29(18,23)39-16(2)31/h6-10,18-20,22-23,25,32-34,37H,11-14H2,1-5H3/t18-,19+,20?,22?,23?,25+,28-,29+,30-/m1/s1. The van der Waals surface area contributed by atoms with Crippen molar-refractivity contribution in [2.24, 2.45) is 22.7 Å². The number of benzene rings is 1. The van der Waals surface area contributed by atoms with E-state index >= 15 is 0 Å². The van der Waals surface area contributed by atoms with Gasteiger partial charge in [-0.25, -0.2) is 4.79 Å². The fraction of sp³-hybridized carbons (Fsp3) is 0.633. The summed E-state index contributed by atoms with van der Waals surface area (Å²) in [4.78, 5) is 40.4. The predicted molar refractivity (Wildman–Crippen MR) is 138 cm³/mol. The number of hydrogen-bond acceptors (Lipinski definition) is 9. The minimum Gasteiger partial charge on any atom is -0.458 e. The van der Waals surface area contributed by atoms with Crippen molar-refractivity contribution in [2.75, 3.05) is 0 Å². The molecule has 0 saturated heterocycles. The summed E-state index contributed by atoms with van der Waals surface area (Å²) in [6.45, 7) is 7.65. The Morgan fingerprint density at radius 2 is 1.69 bits per heavy atom. The number of Topliss-reactive ketones (excluding diaryl/α,β-unsaturated/α-hetero) is 1. The van der Waals surface area contributed by atoms with Gasteiger partial charge in [0.1, 0.15) is 23.4 Å². The van der Waals surface area contributed by atoms with Crippen LogP contribution in [0.4, 0.5) is 0 Å². The molecule has 0 aliphatic heterocycles. The average Bonchev–Trinajstić information content (AvgIpc) is 2.87. The van der Waals surface area contributed by atoms with Crippen molar-refractivity contribution < 1.29 is 44.3 Å². The van der Waals surface area contributed by atoms with Crippen LogP contribution in [0.5, 0.6) is 0 Å². The number of esters is 2. The van der Waals surface area contributed by atoms with Gasteiger partial charge in [0.05, 0.1) is 29.1 Å². The van der Waals surface area contributed by atoms with E-state index < -0.39 is 70.1 Å². The quantitative estimate of drug-likeness (QED) is 0.332. The molecular formula is C30H38O9. The van der Waals surface area contributed by atoms with Gasteiger partial charge in [0, 0.05) is 24.7 Å². The molecule has 9 atom stereocenters. The number of aliphatic hydroxyl groups excluding tert-OH is 3. The van der Waals surface area contributed by atoms with Crippen molar-refractivity contribution in [3.8, 4) is 0 Å². The fourth-order valence-corrected chi connectivity index (χ4v) is 8.20. The Morgan fingerprint density at radius 3 is 2.26 bits per heavy atom. The molecule has 3 unspecified atom stereocenters. The molecule has 0 heterocycles. The molecule has 1 aromatic rings. The fourth-order valence-electron chi connectivity index (χ4n) is 8.20. The number of aliphatic hydroxyl groups is 4. The van der Waals surface area contributed by atoms with Gasteiger partial charge in [0.2, 0.25) is 0 Å². The molecule has 0 radical (unpaired) electrons. The van der Waals surface area contributed by atoms with Gasteiger partial charge in [0.15, 0.2) is 5.78 Å². The second-order valence-corrected chi connectivity index (χ2v) is 12.6. The highest BCUT2D eigenvalue weighted by molar-refractivity contribution is 5.94. The summed E-state index contributed by atoms with van der Waals surface area (Å²) in [5, 5.41) is 46.9. The molecule has 1 aromatic carbocycles. The van der Waals surface area contributed by atoms with Crippen molar-refractivity contribution in [2.45, 2.75) is 95.9 Å². The van der Waals surface area contributed by atoms with Crippen LogP contribution < -0.4 is 0 Å². The van der Waals surface area contributed by atoms with Gasteiger partial charge in [-0.05, 0) is 56.4 Å². The summed E-state index contributed by atoms with van der Waals surface area (Å²) in [6, 6.07) is 8.19. The molecule has 0 spiro atoms. The lowest BCUT2D eigenvalue weighted by Gasteiger charge is -2.68. The number of hydrogen-bond donors (Lipinski definition) is 4. The molecule has 212 valence electrons. The molecule has 3 saturated carbocycles. The number of carbonyl (C=O) groups excluding carboxylic acids is 3. The molecule has 2 bridgehead atoms. The molecular weight excluding hydrogens is 504 g/mol. The summed E-state index contributed by atoms with van der Waals surface area (Å²) < 4.78 is 12.2. The second kappa shape index (κ2) is 8.96. The van der Waals surface area contributed by atoms with Crippen LogP contribution in [0.3, 0.4) is 0 Å². The van der Waals surface area contributed by atoms with Crippen molar-refractivity contribution >= 4 is 17.7 Å². The minimum absolute atomic E-state index is 0.138. The third kappa shape index (κ3) is 3.63. The summed E-state index contributed by atoms with van der Waals surface area (Å²) in [5.74, 6) is -3.66. The van der Waals surface area contributed by atoms with Crippen LogP contribution in [0.1, 0.15) is 70.7 Å². The first kappa shape index (κ1) is 28.0. The monoisotopic (exact) mass is 542 g/mol. The van der Waals surface area contributed by atoms with Crippen LogP contribution in [0, 0.1) is 22.7 Å². The molecule has 5 rings (SSSR count). The smallest absolute Gasteiger partial charge is 0.338 e. The van der Waals surface area contributed by atoms with Crippen molar-refractivity contribution in [1.29, 1.82) is 0 Å². The van der Waals surface area contributed by atoms with E-state index in [0.717, 1.165) is 0 Å². The van der Waals surface area contributed by atoms with Gasteiger partial charge < -0.3 is 29.9 Å². The largest absolute Gasteiger partial charge is 0.458 e. The average molecular weight is 543 g/mol. The van der Waals surface area contributed by atoms with Gasteiger partial charge in [-0.3, -0.25) is 9.59 Å². The highest BCUT2D eigenvalue weighted by Crippen LogP contribution is 2.67. The van der Waals surface area contributed by atoms with Crippen LogP contribution >= 0.6 is 0 Å². The van der Waals surface area contributed by atoms with E-state index in [-0.39, 0.29) is 29.9 Å². The Bertz CT molecular complexity index is 1240. The zero-order chi connectivity index (χ0) is 28.7. The Balaban J connectivity index is 1.81. The van der Waals surface area contributed by atoms with Crippen LogP contribution in [0.2, 0.25) is 0 Å². The van der Waals surface area contributed by atoms with E-state index in [1.54, 1.807) is 51.1 Å². The predicted octanol–water partition coefficient (Wildman–Crippen LogP) is 2.09. The van der Waals surface area contributed by atoms with E-state index in [4.69, 9.17) is 9.47 Å². The third-order valence-electron chi connectivity index (χ3n) is 10.5. The Labute approximate surface area is 227 Å². The number of carbonyl (C=O) groups is 3. The van der Waals surface area contributed by atoms with Crippen molar-refractivity contribution in [3.63, 3.8) is 0 Å².